The Morgan fingerprint density at radius 2 is 1.11 bits per heavy atom. The zero-order valence-corrected chi connectivity index (χ0v) is 49.4. The van der Waals surface area contributed by atoms with Crippen LogP contribution in [0.3, 0.4) is 0 Å². The van der Waals surface area contributed by atoms with Crippen molar-refractivity contribution in [1.29, 1.82) is 5.26 Å². The van der Waals surface area contributed by atoms with Crippen LogP contribution < -0.4 is 25.8 Å². The van der Waals surface area contributed by atoms with Gasteiger partial charge in [0.05, 0.1) is 53.5 Å². The number of carbonyl (C=O) groups excluding carboxylic acids is 5. The fourth-order valence-corrected chi connectivity index (χ4v) is 12.0. The third-order valence-corrected chi connectivity index (χ3v) is 16.5. The predicted octanol–water partition coefficient (Wildman–Crippen LogP) is 10.3. The number of rotatable bonds is 19. The number of nitrogens with one attached hydrogen (secondary N) is 3. The molecule has 0 radical (unpaired) electrons. The lowest BCUT2D eigenvalue weighted by Gasteiger charge is -2.38. The summed E-state index contributed by atoms with van der Waals surface area (Å²) in [5, 5.41) is 29.1. The topological polar surface area (TPSA) is 194 Å². The van der Waals surface area contributed by atoms with Gasteiger partial charge in [0.25, 0.3) is 23.6 Å². The number of nitrogens with zero attached hydrogens (tertiary/aromatic N) is 9. The van der Waals surface area contributed by atoms with E-state index in [0.717, 1.165) is 79.0 Å². The number of carbonyl (C=O) groups is 5. The summed E-state index contributed by atoms with van der Waals surface area (Å²) in [7, 11) is 0. The summed E-state index contributed by atoms with van der Waals surface area (Å²) in [5.41, 5.74) is -1.18. The monoisotopic (exact) mass is 1260 g/mol. The number of hydrogen-bond donors (Lipinski definition) is 3. The minimum atomic E-state index is -5.10. The van der Waals surface area contributed by atoms with E-state index in [0.29, 0.717) is 41.2 Å². The van der Waals surface area contributed by atoms with Gasteiger partial charge in [-0.15, -0.1) is 0 Å². The minimum Gasteiger partial charge on any atom is -0.347 e. The molecule has 0 spiro atoms. The highest BCUT2D eigenvalue weighted by molar-refractivity contribution is 6.07. The van der Waals surface area contributed by atoms with Crippen molar-refractivity contribution in [3.05, 3.63) is 237 Å². The number of likely N-dealkylation sites (N-methyl/N-ethyl adjacent to an activating group) is 2. The van der Waals surface area contributed by atoms with Crippen LogP contribution in [0.4, 0.5) is 46.8 Å². The molecule has 3 aliphatic heterocycles. The second-order valence-electron chi connectivity index (χ2n) is 22.4. The standard InChI is InChI=1S/C67H58F8N12O5/c1-4-84-62-55(51(80-86(62)49-16-8-6-9-17-49)34-77-59(88)39(3)35-82-28-13-29-82)53(41-20-24-47(68)25-21-41)57(64(84)91)79-61(90)44-30-40(31-46(33-44)67(73,74)75)36-83(38-76)37-52-56-54(42-22-26-48(69)27-23-42)58(78-60(89)43-14-12-15-45(32-43)66(70,71)72)65(92)85(5-2)63(56)87(81-52)50-18-10-7-11-19-50/h6-12,14-27,30-33,53-54,57-58H,3-5,13,28-29,34-37H2,1-2H3,(H,77,88)(H,78,89)(H,79,90). The lowest BCUT2D eigenvalue weighted by Crippen LogP contribution is -2.55. The van der Waals surface area contributed by atoms with E-state index in [1.54, 1.807) is 74.5 Å². The number of hydrogen-bond acceptors (Lipinski definition) is 10. The van der Waals surface area contributed by atoms with Gasteiger partial charge in [0, 0.05) is 59.3 Å². The third kappa shape index (κ3) is 12.7. The quantitative estimate of drug-likeness (QED) is 0.0304. The molecule has 0 bridgehead atoms. The van der Waals surface area contributed by atoms with E-state index >= 15 is 18.0 Å². The number of amides is 5. The number of likely N-dealkylation sites (tertiary alicyclic amines) is 1. The summed E-state index contributed by atoms with van der Waals surface area (Å²) in [6, 6.07) is 29.9. The van der Waals surface area contributed by atoms with Crippen LogP contribution in [-0.4, -0.2) is 104 Å². The van der Waals surface area contributed by atoms with Gasteiger partial charge in [-0.2, -0.15) is 41.8 Å². The third-order valence-electron chi connectivity index (χ3n) is 16.5. The highest BCUT2D eigenvalue weighted by atomic mass is 19.4. The number of fused-ring (bicyclic) bond motifs is 2. The first-order valence-corrected chi connectivity index (χ1v) is 29.4. The van der Waals surface area contributed by atoms with Crippen molar-refractivity contribution < 1.29 is 59.1 Å². The van der Waals surface area contributed by atoms with Gasteiger partial charge >= 0.3 is 12.4 Å². The first-order valence-electron chi connectivity index (χ1n) is 29.4. The van der Waals surface area contributed by atoms with E-state index in [1.165, 1.54) is 43.4 Å². The maximum atomic E-state index is 15.2. The normalized spacial score (nSPS) is 17.3. The average molecular weight is 1260 g/mol. The Bertz CT molecular complexity index is 4180. The summed E-state index contributed by atoms with van der Waals surface area (Å²) >= 11 is 0. The van der Waals surface area contributed by atoms with E-state index in [1.807, 2.05) is 6.19 Å². The maximum absolute atomic E-state index is 15.2. The molecule has 2 aromatic heterocycles. The molecule has 8 aromatic rings. The highest BCUT2D eigenvalue weighted by Gasteiger charge is 2.49. The largest absolute Gasteiger partial charge is 0.416 e. The molecule has 0 aliphatic carbocycles. The predicted molar refractivity (Wildman–Crippen MR) is 322 cm³/mol. The van der Waals surface area contributed by atoms with Crippen molar-refractivity contribution in [1.82, 2.24) is 45.3 Å². The van der Waals surface area contributed by atoms with E-state index < -0.39 is 113 Å². The number of anilines is 2. The van der Waals surface area contributed by atoms with Crippen molar-refractivity contribution in [3.8, 4) is 17.6 Å². The zero-order chi connectivity index (χ0) is 65.3. The fourth-order valence-electron chi connectivity index (χ4n) is 12.0. The molecule has 3 aliphatic rings. The van der Waals surface area contributed by atoms with Gasteiger partial charge in [-0.25, -0.2) is 18.1 Å². The van der Waals surface area contributed by atoms with Crippen LogP contribution >= 0.6 is 0 Å². The molecule has 472 valence electrons. The van der Waals surface area contributed by atoms with Crippen molar-refractivity contribution >= 4 is 41.2 Å². The number of halogens is 8. The van der Waals surface area contributed by atoms with Crippen LogP contribution in [0.25, 0.3) is 11.4 Å². The Balaban J connectivity index is 0.970. The Morgan fingerprint density at radius 3 is 1.59 bits per heavy atom. The van der Waals surface area contributed by atoms with Gasteiger partial charge in [0.1, 0.15) is 35.4 Å². The highest BCUT2D eigenvalue weighted by Crippen LogP contribution is 2.46. The Morgan fingerprint density at radius 1 is 0.620 bits per heavy atom. The van der Waals surface area contributed by atoms with Crippen LogP contribution in [0.2, 0.25) is 0 Å². The summed E-state index contributed by atoms with van der Waals surface area (Å²) in [6.07, 6.45) is -6.94. The molecule has 4 unspecified atom stereocenters. The van der Waals surface area contributed by atoms with Gasteiger partial charge in [0.2, 0.25) is 5.91 Å². The van der Waals surface area contributed by atoms with Crippen LogP contribution in [0.15, 0.2) is 164 Å². The molecule has 5 heterocycles. The van der Waals surface area contributed by atoms with Crippen LogP contribution in [-0.2, 0) is 46.4 Å². The van der Waals surface area contributed by atoms with Crippen LogP contribution in [0.5, 0.6) is 0 Å². The van der Waals surface area contributed by atoms with E-state index in [9.17, 15) is 46.4 Å². The van der Waals surface area contributed by atoms with Crippen molar-refractivity contribution in [3.63, 3.8) is 0 Å². The Labute approximate surface area is 522 Å². The SMILES string of the molecule is C=C(CN1CCC1)C(=O)NCc1nn(-c2ccccc2)c2c1C(c1ccc(F)cc1)C(NC(=O)c1cc(CN(C#N)Cc3nn(-c4ccccc4)c4c3C(c3ccc(F)cc3)C(NC(=O)c3cccc(C(F)(F)F)c3)C(=O)N4CC)cc(C(F)(F)F)c1)C(=O)N2CC. The van der Waals surface area contributed by atoms with Gasteiger partial charge in [-0.05, 0) is 135 Å². The van der Waals surface area contributed by atoms with E-state index in [-0.39, 0.29) is 64.9 Å². The van der Waals surface area contributed by atoms with E-state index in [4.69, 9.17) is 10.2 Å². The molecule has 3 N–H and O–H groups in total. The first kappa shape index (κ1) is 63.1. The number of alkyl halides is 6. The lowest BCUT2D eigenvalue weighted by atomic mass is 9.80. The molecule has 92 heavy (non-hydrogen) atoms. The molecule has 5 amide bonds. The molecular weight excluding hydrogens is 1200 g/mol. The number of nitriles is 1. The second-order valence-corrected chi connectivity index (χ2v) is 22.4. The number of para-hydroxylation sites is 2. The summed E-state index contributed by atoms with van der Waals surface area (Å²) in [6.45, 7) is 7.75. The van der Waals surface area contributed by atoms with Gasteiger partial charge in [-0.3, -0.25) is 38.7 Å². The van der Waals surface area contributed by atoms with Gasteiger partial charge in [-0.1, -0.05) is 73.3 Å². The first-order chi connectivity index (χ1) is 44.0. The molecular formula is C67H58F8N12O5. The summed E-state index contributed by atoms with van der Waals surface area (Å²) in [4.78, 5) is 78.6. The minimum absolute atomic E-state index is 0.0116. The zero-order valence-electron chi connectivity index (χ0n) is 49.4. The van der Waals surface area contributed by atoms with Crippen molar-refractivity contribution in [2.45, 2.75) is 76.2 Å². The molecule has 1 fully saturated rings. The Hall–Kier alpha value is -10.5. The molecule has 6 aromatic carbocycles. The number of benzene rings is 6. The molecule has 17 nitrogen and oxygen atoms in total. The number of aromatic nitrogens is 4. The van der Waals surface area contributed by atoms with Gasteiger partial charge in [0.15, 0.2) is 6.19 Å². The molecule has 11 rings (SSSR count). The Kier molecular flexibility index (Phi) is 17.7. The van der Waals surface area contributed by atoms with Crippen molar-refractivity contribution in [2.75, 3.05) is 42.5 Å². The molecule has 25 heteroatoms. The van der Waals surface area contributed by atoms with Gasteiger partial charge < -0.3 is 20.9 Å². The molecule has 0 saturated carbocycles. The lowest BCUT2D eigenvalue weighted by molar-refractivity contribution is -0.138. The van der Waals surface area contributed by atoms with Crippen molar-refractivity contribution in [2.24, 2.45) is 0 Å². The molecule has 1 saturated heterocycles. The van der Waals surface area contributed by atoms with Crippen LogP contribution in [0.1, 0.15) is 103 Å². The molecule has 4 atom stereocenters. The summed E-state index contributed by atoms with van der Waals surface area (Å²) in [5.74, 6) is -7.57. The summed E-state index contributed by atoms with van der Waals surface area (Å²) < 4.78 is 120. The average Bonchev–Trinajstić information content (AvgIpc) is 1.52. The maximum Gasteiger partial charge on any atom is 0.416 e. The second kappa shape index (κ2) is 25.8. The fraction of sp³-hybridized carbons (Fsp3) is 0.254. The smallest absolute Gasteiger partial charge is 0.347 e. The van der Waals surface area contributed by atoms with E-state index in [2.05, 4.69) is 27.4 Å². The van der Waals surface area contributed by atoms with Crippen LogP contribution in [0, 0.1) is 23.1 Å².